The molecular weight excluding hydrogens is 312 g/mol. The Morgan fingerprint density at radius 3 is 2.62 bits per heavy atom. The minimum atomic E-state index is 0.161. The van der Waals surface area contributed by atoms with Crippen molar-refractivity contribution in [2.24, 2.45) is 21.7 Å². The molecule has 0 N–H and O–H groups in total. The summed E-state index contributed by atoms with van der Waals surface area (Å²) in [6.45, 7) is 7.34. The number of hydrogen-bond donors (Lipinski definition) is 0. The fourth-order valence-electron chi connectivity index (χ4n) is 4.74. The highest BCUT2D eigenvalue weighted by Gasteiger charge is 2.59. The molecule has 2 aliphatic carbocycles. The molecular formula is C21H26N2S. The van der Waals surface area contributed by atoms with Gasteiger partial charge in [0, 0.05) is 29.1 Å². The smallest absolute Gasteiger partial charge is 0.117 e. The van der Waals surface area contributed by atoms with E-state index in [1.54, 1.807) is 11.3 Å². The van der Waals surface area contributed by atoms with Crippen LogP contribution in [0.4, 0.5) is 0 Å². The number of thiazole rings is 1. The van der Waals surface area contributed by atoms with Crippen molar-refractivity contribution in [1.29, 1.82) is 0 Å². The van der Waals surface area contributed by atoms with Gasteiger partial charge in [-0.05, 0) is 36.2 Å². The molecule has 2 nitrogen and oxygen atoms in total. The van der Waals surface area contributed by atoms with Gasteiger partial charge in [-0.1, -0.05) is 51.1 Å². The molecule has 4 rings (SSSR count). The quantitative estimate of drug-likeness (QED) is 0.700. The van der Waals surface area contributed by atoms with Gasteiger partial charge in [0.25, 0.3) is 0 Å². The van der Waals surface area contributed by atoms with Crippen molar-refractivity contribution < 1.29 is 0 Å². The van der Waals surface area contributed by atoms with Crippen LogP contribution < -0.4 is 0 Å². The molecule has 0 saturated heterocycles. The third-order valence-electron chi connectivity index (χ3n) is 6.83. The maximum atomic E-state index is 5.33. The van der Waals surface area contributed by atoms with Crippen molar-refractivity contribution in [2.45, 2.75) is 52.5 Å². The largest absolute Gasteiger partial charge is 0.283 e. The van der Waals surface area contributed by atoms with E-state index in [2.05, 4.69) is 61.5 Å². The van der Waals surface area contributed by atoms with Crippen LogP contribution in [0.1, 0.15) is 56.6 Å². The van der Waals surface area contributed by atoms with Crippen molar-refractivity contribution in [1.82, 2.24) is 4.98 Å². The zero-order valence-electron chi connectivity index (χ0n) is 14.8. The molecule has 3 atom stereocenters. The van der Waals surface area contributed by atoms with Crippen molar-refractivity contribution in [2.75, 3.05) is 0 Å². The number of nitrogens with zero attached hydrogens (tertiary/aromatic N) is 2. The van der Waals surface area contributed by atoms with Crippen LogP contribution in [0.3, 0.4) is 0 Å². The van der Waals surface area contributed by atoms with Gasteiger partial charge < -0.3 is 0 Å². The van der Waals surface area contributed by atoms with Crippen molar-refractivity contribution in [3.05, 3.63) is 52.5 Å². The van der Waals surface area contributed by atoms with E-state index in [0.29, 0.717) is 5.41 Å². The molecule has 2 fully saturated rings. The molecule has 24 heavy (non-hydrogen) atoms. The molecule has 1 heterocycles. The van der Waals surface area contributed by atoms with E-state index in [4.69, 9.17) is 4.99 Å². The fourth-order valence-corrected chi connectivity index (χ4v) is 5.41. The van der Waals surface area contributed by atoms with Gasteiger partial charge in [-0.15, -0.1) is 11.3 Å². The molecule has 0 unspecified atom stereocenters. The number of fused-ring (bicyclic) bond motifs is 2. The average molecular weight is 339 g/mol. The van der Waals surface area contributed by atoms with Crippen LogP contribution in [-0.2, 0) is 6.42 Å². The molecule has 0 radical (unpaired) electrons. The molecule has 2 aromatic rings. The topological polar surface area (TPSA) is 25.2 Å². The maximum absolute atomic E-state index is 5.33. The van der Waals surface area contributed by atoms with E-state index >= 15 is 0 Å². The van der Waals surface area contributed by atoms with Gasteiger partial charge in [-0.2, -0.15) is 0 Å². The first kappa shape index (κ1) is 16.0. The van der Waals surface area contributed by atoms with Crippen LogP contribution in [0.2, 0.25) is 0 Å². The second kappa shape index (κ2) is 5.80. The van der Waals surface area contributed by atoms with Gasteiger partial charge in [-0.3, -0.25) is 4.99 Å². The highest BCUT2D eigenvalue weighted by Crippen LogP contribution is 2.64. The monoisotopic (exact) mass is 338 g/mol. The lowest BCUT2D eigenvalue weighted by Gasteiger charge is -2.35. The zero-order chi connectivity index (χ0) is 16.8. The number of aromatic nitrogens is 1. The van der Waals surface area contributed by atoms with Crippen molar-refractivity contribution in [3.63, 3.8) is 0 Å². The van der Waals surface area contributed by atoms with Gasteiger partial charge in [0.05, 0.1) is 0 Å². The van der Waals surface area contributed by atoms with Crippen molar-refractivity contribution >= 4 is 17.0 Å². The zero-order valence-corrected chi connectivity index (χ0v) is 15.6. The van der Waals surface area contributed by atoms with E-state index in [-0.39, 0.29) is 11.5 Å². The third kappa shape index (κ3) is 2.45. The van der Waals surface area contributed by atoms with Gasteiger partial charge in [0.1, 0.15) is 11.0 Å². The summed E-state index contributed by atoms with van der Waals surface area (Å²) in [6, 6.07) is 10.9. The Labute approximate surface area is 149 Å². The summed E-state index contributed by atoms with van der Waals surface area (Å²) >= 11 is 1.73. The molecule has 0 aliphatic heterocycles. The standard InChI is InChI=1S/C21H26N2S/c1-20(2)16-9-10-21(20,3)18(14-16)23-17(19-22-11-12-24-19)13-15-7-5-4-6-8-15/h4-8,11-12,16-17H,9-10,13-14H2,1-3H3/t16-,17-,21+/m1/s1. The summed E-state index contributed by atoms with van der Waals surface area (Å²) in [5.41, 5.74) is 3.44. The SMILES string of the molecule is CC1(C)[C@@H]2CC[C@@]1(C)C(=N[C@H](Cc1ccccc1)c1nccs1)C2. The van der Waals surface area contributed by atoms with Crippen LogP contribution in [0, 0.1) is 16.7 Å². The Morgan fingerprint density at radius 1 is 1.25 bits per heavy atom. The second-order valence-electron chi connectivity index (χ2n) is 8.15. The van der Waals surface area contributed by atoms with Gasteiger partial charge in [-0.25, -0.2) is 4.98 Å². The van der Waals surface area contributed by atoms with Crippen LogP contribution in [0.15, 0.2) is 46.9 Å². The Kier molecular flexibility index (Phi) is 3.87. The summed E-state index contributed by atoms with van der Waals surface area (Å²) in [4.78, 5) is 9.92. The van der Waals surface area contributed by atoms with Crippen LogP contribution >= 0.6 is 11.3 Å². The minimum Gasteiger partial charge on any atom is -0.283 e. The Morgan fingerprint density at radius 2 is 2.04 bits per heavy atom. The number of aliphatic imine (C=N–C) groups is 1. The predicted molar refractivity (Wildman–Crippen MR) is 102 cm³/mol. The molecule has 126 valence electrons. The van der Waals surface area contributed by atoms with E-state index in [0.717, 1.165) is 17.3 Å². The van der Waals surface area contributed by atoms with Gasteiger partial charge in [0.15, 0.2) is 0 Å². The number of rotatable bonds is 4. The Bertz CT molecular complexity index is 732. The second-order valence-corrected chi connectivity index (χ2v) is 9.07. The summed E-state index contributed by atoms with van der Waals surface area (Å²) in [5.74, 6) is 0.801. The van der Waals surface area contributed by atoms with E-state index in [9.17, 15) is 0 Å². The molecule has 2 bridgehead atoms. The summed E-state index contributed by atoms with van der Waals surface area (Å²) in [5, 5.41) is 3.22. The first-order valence-electron chi connectivity index (χ1n) is 9.01. The Balaban J connectivity index is 1.68. The highest BCUT2D eigenvalue weighted by atomic mass is 32.1. The summed E-state index contributed by atoms with van der Waals surface area (Å²) < 4.78 is 0. The number of hydrogen-bond acceptors (Lipinski definition) is 3. The lowest BCUT2D eigenvalue weighted by atomic mass is 9.70. The minimum absolute atomic E-state index is 0.161. The molecule has 0 amide bonds. The van der Waals surface area contributed by atoms with Crippen molar-refractivity contribution in [3.8, 4) is 0 Å². The summed E-state index contributed by atoms with van der Waals surface area (Å²) in [6.07, 6.45) is 6.69. The molecule has 1 aromatic heterocycles. The molecule has 2 saturated carbocycles. The summed E-state index contributed by atoms with van der Waals surface area (Å²) in [7, 11) is 0. The van der Waals surface area contributed by atoms with E-state index in [1.165, 1.54) is 30.5 Å². The highest BCUT2D eigenvalue weighted by molar-refractivity contribution is 7.09. The third-order valence-corrected chi connectivity index (χ3v) is 7.71. The maximum Gasteiger partial charge on any atom is 0.117 e. The normalized spacial score (nSPS) is 30.8. The fraction of sp³-hybridized carbons (Fsp3) is 0.524. The predicted octanol–water partition coefficient (Wildman–Crippen LogP) is 5.71. The van der Waals surface area contributed by atoms with Crippen LogP contribution in [0.25, 0.3) is 0 Å². The molecule has 0 spiro atoms. The lowest BCUT2D eigenvalue weighted by molar-refractivity contribution is 0.193. The first-order chi connectivity index (χ1) is 11.5. The molecule has 2 aliphatic rings. The van der Waals surface area contributed by atoms with Crippen LogP contribution in [0.5, 0.6) is 0 Å². The lowest BCUT2D eigenvalue weighted by Crippen LogP contribution is -2.32. The van der Waals surface area contributed by atoms with Gasteiger partial charge >= 0.3 is 0 Å². The average Bonchev–Trinajstić information content (AvgIpc) is 3.22. The first-order valence-corrected chi connectivity index (χ1v) is 9.89. The molecule has 3 heteroatoms. The van der Waals surface area contributed by atoms with E-state index in [1.807, 2.05) is 6.20 Å². The Hall–Kier alpha value is -1.48. The molecule has 1 aromatic carbocycles. The van der Waals surface area contributed by atoms with Crippen LogP contribution in [-0.4, -0.2) is 10.7 Å². The number of benzene rings is 1. The van der Waals surface area contributed by atoms with Gasteiger partial charge in [0.2, 0.25) is 0 Å². The van der Waals surface area contributed by atoms with E-state index < -0.39 is 0 Å².